The zero-order chi connectivity index (χ0) is 11.5. The standard InChI is InChI=1S/C8H7ClF3NOS/c9-6-3-5(8(10,11)12)4-7(13-6)15-2-1-14/h3-4,14H,1-2H2. The van der Waals surface area contributed by atoms with Crippen LogP contribution in [0.25, 0.3) is 0 Å². The molecule has 2 nitrogen and oxygen atoms in total. The summed E-state index contributed by atoms with van der Waals surface area (Å²) < 4.78 is 37.0. The highest BCUT2D eigenvalue weighted by molar-refractivity contribution is 7.99. The van der Waals surface area contributed by atoms with E-state index < -0.39 is 11.7 Å². The van der Waals surface area contributed by atoms with E-state index in [0.29, 0.717) is 0 Å². The molecule has 0 fully saturated rings. The third kappa shape index (κ3) is 3.89. The number of halogens is 4. The van der Waals surface area contributed by atoms with Crippen molar-refractivity contribution in [3.8, 4) is 0 Å². The molecule has 0 spiro atoms. The fourth-order valence-corrected chi connectivity index (χ4v) is 1.79. The number of hydrogen-bond acceptors (Lipinski definition) is 3. The summed E-state index contributed by atoms with van der Waals surface area (Å²) in [6.45, 7) is -0.125. The highest BCUT2D eigenvalue weighted by Gasteiger charge is 2.31. The number of thioether (sulfide) groups is 1. The van der Waals surface area contributed by atoms with Crippen molar-refractivity contribution in [1.29, 1.82) is 0 Å². The van der Waals surface area contributed by atoms with Crippen molar-refractivity contribution in [3.05, 3.63) is 22.8 Å². The summed E-state index contributed by atoms with van der Waals surface area (Å²) >= 11 is 6.47. The molecule has 0 aliphatic heterocycles. The van der Waals surface area contributed by atoms with Crippen molar-refractivity contribution in [1.82, 2.24) is 4.98 Å². The van der Waals surface area contributed by atoms with Crippen LogP contribution in [0.1, 0.15) is 5.56 Å². The molecule has 0 radical (unpaired) electrons. The minimum absolute atomic E-state index is 0.125. The molecule has 0 unspecified atom stereocenters. The first kappa shape index (κ1) is 12.6. The Morgan fingerprint density at radius 3 is 2.60 bits per heavy atom. The Bertz CT molecular complexity index is 345. The van der Waals surface area contributed by atoms with Gasteiger partial charge in [0.1, 0.15) is 5.15 Å². The van der Waals surface area contributed by atoms with Crippen LogP contribution < -0.4 is 0 Å². The molecule has 0 atom stereocenters. The molecular formula is C8H7ClF3NOS. The molecule has 1 heterocycles. The lowest BCUT2D eigenvalue weighted by molar-refractivity contribution is -0.137. The van der Waals surface area contributed by atoms with Gasteiger partial charge in [-0.2, -0.15) is 13.2 Å². The van der Waals surface area contributed by atoms with Crippen LogP contribution >= 0.6 is 23.4 Å². The number of aliphatic hydroxyl groups excluding tert-OH is 1. The van der Waals surface area contributed by atoms with Gasteiger partial charge < -0.3 is 5.11 Å². The topological polar surface area (TPSA) is 33.1 Å². The fourth-order valence-electron chi connectivity index (χ4n) is 0.861. The van der Waals surface area contributed by atoms with E-state index in [1.807, 2.05) is 0 Å². The number of pyridine rings is 1. The van der Waals surface area contributed by atoms with Gasteiger partial charge >= 0.3 is 6.18 Å². The predicted molar refractivity (Wildman–Crippen MR) is 52.1 cm³/mol. The molecule has 0 aliphatic rings. The summed E-state index contributed by atoms with van der Waals surface area (Å²) in [6, 6.07) is 1.68. The minimum atomic E-state index is -4.43. The van der Waals surface area contributed by atoms with E-state index >= 15 is 0 Å². The molecule has 0 saturated carbocycles. The van der Waals surface area contributed by atoms with Crippen molar-refractivity contribution in [2.45, 2.75) is 11.2 Å². The Kier molecular flexibility index (Phi) is 4.24. The van der Waals surface area contributed by atoms with Crippen LogP contribution in [-0.2, 0) is 6.18 Å². The third-order valence-electron chi connectivity index (χ3n) is 1.44. The maximum Gasteiger partial charge on any atom is 0.416 e. The molecule has 7 heteroatoms. The Balaban J connectivity index is 2.95. The van der Waals surface area contributed by atoms with Crippen LogP contribution in [0.4, 0.5) is 13.2 Å². The monoisotopic (exact) mass is 257 g/mol. The average Bonchev–Trinajstić information content (AvgIpc) is 2.12. The van der Waals surface area contributed by atoms with Gasteiger partial charge in [0, 0.05) is 5.75 Å². The zero-order valence-corrected chi connectivity index (χ0v) is 8.96. The molecule has 0 aliphatic carbocycles. The van der Waals surface area contributed by atoms with Crippen LogP contribution in [0.5, 0.6) is 0 Å². The van der Waals surface area contributed by atoms with Gasteiger partial charge in [0.25, 0.3) is 0 Å². The molecule has 0 amide bonds. The second-order valence-electron chi connectivity index (χ2n) is 2.59. The van der Waals surface area contributed by atoms with Crippen LogP contribution in [0.3, 0.4) is 0 Å². The second-order valence-corrected chi connectivity index (χ2v) is 4.09. The highest BCUT2D eigenvalue weighted by Crippen LogP contribution is 2.32. The smallest absolute Gasteiger partial charge is 0.396 e. The van der Waals surface area contributed by atoms with Crippen LogP contribution in [0.2, 0.25) is 5.15 Å². The maximum absolute atomic E-state index is 12.3. The van der Waals surface area contributed by atoms with Crippen LogP contribution in [0, 0.1) is 0 Å². The summed E-state index contributed by atoms with van der Waals surface area (Å²) in [5.74, 6) is 0.282. The van der Waals surface area contributed by atoms with Gasteiger partial charge in [-0.05, 0) is 12.1 Å². The molecule has 0 bridgehead atoms. The quantitative estimate of drug-likeness (QED) is 0.668. The lowest BCUT2D eigenvalue weighted by Crippen LogP contribution is -2.05. The van der Waals surface area contributed by atoms with Gasteiger partial charge in [-0.15, -0.1) is 11.8 Å². The zero-order valence-electron chi connectivity index (χ0n) is 7.38. The highest BCUT2D eigenvalue weighted by atomic mass is 35.5. The third-order valence-corrected chi connectivity index (χ3v) is 2.52. The van der Waals surface area contributed by atoms with E-state index in [4.69, 9.17) is 16.7 Å². The van der Waals surface area contributed by atoms with E-state index in [1.54, 1.807) is 0 Å². The van der Waals surface area contributed by atoms with Gasteiger partial charge in [0.2, 0.25) is 0 Å². The second kappa shape index (κ2) is 5.05. The van der Waals surface area contributed by atoms with Crippen molar-refractivity contribution in [2.24, 2.45) is 0 Å². The molecule has 0 saturated heterocycles. The number of nitrogens with zero attached hydrogens (tertiary/aromatic N) is 1. The summed E-state index contributed by atoms with van der Waals surface area (Å²) in [5.41, 5.74) is -0.831. The minimum Gasteiger partial charge on any atom is -0.396 e. The lowest BCUT2D eigenvalue weighted by atomic mass is 10.3. The summed E-state index contributed by atoms with van der Waals surface area (Å²) in [4.78, 5) is 3.70. The summed E-state index contributed by atoms with van der Waals surface area (Å²) in [6.07, 6.45) is -4.43. The van der Waals surface area contributed by atoms with Crippen LogP contribution in [-0.4, -0.2) is 22.5 Å². The lowest BCUT2D eigenvalue weighted by Gasteiger charge is -2.08. The van der Waals surface area contributed by atoms with Gasteiger partial charge in [0.05, 0.1) is 17.2 Å². The maximum atomic E-state index is 12.3. The number of aromatic nitrogens is 1. The Hall–Kier alpha value is -0.460. The summed E-state index contributed by atoms with van der Waals surface area (Å²) in [7, 11) is 0. The molecule has 1 N–H and O–H groups in total. The Morgan fingerprint density at radius 1 is 1.40 bits per heavy atom. The van der Waals surface area contributed by atoms with Crippen molar-refractivity contribution >= 4 is 23.4 Å². The van der Waals surface area contributed by atoms with E-state index in [1.165, 1.54) is 0 Å². The fraction of sp³-hybridized carbons (Fsp3) is 0.375. The van der Waals surface area contributed by atoms with Gasteiger partial charge in [-0.1, -0.05) is 11.6 Å². The largest absolute Gasteiger partial charge is 0.416 e. The normalized spacial score (nSPS) is 11.8. The molecular weight excluding hydrogens is 251 g/mol. The molecule has 84 valence electrons. The van der Waals surface area contributed by atoms with Gasteiger partial charge in [-0.25, -0.2) is 4.98 Å². The van der Waals surface area contributed by atoms with Crippen LogP contribution in [0.15, 0.2) is 17.2 Å². The van der Waals surface area contributed by atoms with Crippen molar-refractivity contribution in [2.75, 3.05) is 12.4 Å². The predicted octanol–water partition coefficient (Wildman–Crippen LogP) is 2.84. The number of aliphatic hydroxyl groups is 1. The molecule has 1 aromatic heterocycles. The van der Waals surface area contributed by atoms with E-state index in [9.17, 15) is 13.2 Å². The van der Waals surface area contributed by atoms with Crippen molar-refractivity contribution in [3.63, 3.8) is 0 Å². The Morgan fingerprint density at radius 2 is 2.07 bits per heavy atom. The number of rotatable bonds is 3. The number of hydrogen-bond donors (Lipinski definition) is 1. The summed E-state index contributed by atoms with van der Waals surface area (Å²) in [5, 5.41) is 8.48. The molecule has 15 heavy (non-hydrogen) atoms. The first-order valence-electron chi connectivity index (χ1n) is 3.92. The Labute approximate surface area is 93.5 Å². The van der Waals surface area contributed by atoms with Gasteiger partial charge in [0.15, 0.2) is 0 Å². The van der Waals surface area contributed by atoms with Crippen molar-refractivity contribution < 1.29 is 18.3 Å². The first-order chi connectivity index (χ1) is 6.93. The molecule has 1 aromatic rings. The molecule has 0 aromatic carbocycles. The van der Waals surface area contributed by atoms with E-state index in [2.05, 4.69) is 4.98 Å². The van der Waals surface area contributed by atoms with Gasteiger partial charge in [-0.3, -0.25) is 0 Å². The number of alkyl halides is 3. The van der Waals surface area contributed by atoms with E-state index in [-0.39, 0.29) is 22.5 Å². The molecule has 1 rings (SSSR count). The average molecular weight is 258 g/mol. The van der Waals surface area contributed by atoms with E-state index in [0.717, 1.165) is 23.9 Å². The SMILES string of the molecule is OCCSc1cc(C(F)(F)F)cc(Cl)n1. The first-order valence-corrected chi connectivity index (χ1v) is 5.28.